The van der Waals surface area contributed by atoms with Gasteiger partial charge in [0.2, 0.25) is 9.84 Å². The smallest absolute Gasteiger partial charge is 0.208 e. The zero-order chi connectivity index (χ0) is 16.4. The van der Waals surface area contributed by atoms with Gasteiger partial charge < -0.3 is 15.5 Å². The number of nitrogens with two attached hydrogens (primary N) is 1. The molecule has 1 saturated heterocycles. The Bertz CT molecular complexity index is 783. The van der Waals surface area contributed by atoms with Gasteiger partial charge in [-0.15, -0.1) is 0 Å². The van der Waals surface area contributed by atoms with Crippen LogP contribution in [0.3, 0.4) is 0 Å². The molecule has 0 amide bonds. The van der Waals surface area contributed by atoms with Gasteiger partial charge in [0.25, 0.3) is 0 Å². The third-order valence-corrected chi connectivity index (χ3v) is 6.03. The van der Waals surface area contributed by atoms with Gasteiger partial charge in [0.05, 0.1) is 15.5 Å². The quantitative estimate of drug-likeness (QED) is 0.870. The monoisotopic (exact) mass is 331 g/mol. The summed E-state index contributed by atoms with van der Waals surface area (Å²) in [5.41, 5.74) is 7.15. The van der Waals surface area contributed by atoms with E-state index in [4.69, 9.17) is 5.73 Å². The van der Waals surface area contributed by atoms with Gasteiger partial charge in [0, 0.05) is 31.9 Å². The minimum absolute atomic E-state index is 0.181. The van der Waals surface area contributed by atoms with E-state index in [1.807, 2.05) is 6.07 Å². The van der Waals surface area contributed by atoms with Crippen LogP contribution in [0.2, 0.25) is 0 Å². The van der Waals surface area contributed by atoms with Crippen LogP contribution in [0.25, 0.3) is 0 Å². The van der Waals surface area contributed by atoms with E-state index >= 15 is 0 Å². The lowest BCUT2D eigenvalue weighted by Gasteiger charge is -2.34. The van der Waals surface area contributed by atoms with Crippen molar-refractivity contribution >= 4 is 21.2 Å². The molecule has 0 aromatic heterocycles. The Morgan fingerprint density at radius 1 is 0.957 bits per heavy atom. The molecule has 2 N–H and O–H groups in total. The molecule has 2 aromatic rings. The maximum Gasteiger partial charge on any atom is 0.208 e. The Morgan fingerprint density at radius 3 is 2.26 bits per heavy atom. The molecule has 0 saturated carbocycles. The number of hydrogen-bond donors (Lipinski definition) is 1. The zero-order valence-corrected chi connectivity index (χ0v) is 14.0. The van der Waals surface area contributed by atoms with Crippen LogP contribution in [0.1, 0.15) is 0 Å². The first-order chi connectivity index (χ1) is 11.0. The lowest BCUT2D eigenvalue weighted by atomic mass is 10.2. The summed E-state index contributed by atoms with van der Waals surface area (Å²) < 4.78 is 25.7. The van der Waals surface area contributed by atoms with Crippen molar-refractivity contribution < 1.29 is 8.42 Å². The van der Waals surface area contributed by atoms with Crippen LogP contribution in [0, 0.1) is 0 Å². The molecular formula is C17H21N3O2S. The summed E-state index contributed by atoms with van der Waals surface area (Å²) >= 11 is 0. The van der Waals surface area contributed by atoms with Crippen molar-refractivity contribution in [1.82, 2.24) is 4.90 Å². The molecule has 1 aliphatic rings. The summed E-state index contributed by atoms with van der Waals surface area (Å²) in [5.74, 6) is 0. The van der Waals surface area contributed by atoms with Crippen molar-refractivity contribution in [2.75, 3.05) is 43.9 Å². The number of piperazine rings is 1. The molecule has 0 radical (unpaired) electrons. The third-order valence-electron chi connectivity index (χ3n) is 4.21. The van der Waals surface area contributed by atoms with Crippen LogP contribution in [0.5, 0.6) is 0 Å². The molecule has 1 heterocycles. The van der Waals surface area contributed by atoms with Gasteiger partial charge in [-0.25, -0.2) is 8.42 Å². The molecule has 122 valence electrons. The van der Waals surface area contributed by atoms with E-state index in [0.717, 1.165) is 31.9 Å². The Balaban J connectivity index is 1.98. The number of likely N-dealkylation sites (N-methyl/N-ethyl adjacent to an activating group) is 1. The maximum absolute atomic E-state index is 12.8. The number of rotatable bonds is 3. The second-order valence-electron chi connectivity index (χ2n) is 5.83. The minimum Gasteiger partial charge on any atom is -0.398 e. The van der Waals surface area contributed by atoms with E-state index in [0.29, 0.717) is 0 Å². The number of benzene rings is 2. The van der Waals surface area contributed by atoms with Crippen LogP contribution < -0.4 is 10.6 Å². The predicted molar refractivity (Wildman–Crippen MR) is 92.5 cm³/mol. The van der Waals surface area contributed by atoms with Crippen LogP contribution in [-0.2, 0) is 9.84 Å². The Hall–Kier alpha value is -2.05. The summed E-state index contributed by atoms with van der Waals surface area (Å²) in [6, 6.07) is 13.7. The third kappa shape index (κ3) is 3.18. The summed E-state index contributed by atoms with van der Waals surface area (Å²) in [7, 11) is -1.51. The van der Waals surface area contributed by atoms with Crippen molar-refractivity contribution in [2.24, 2.45) is 0 Å². The average molecular weight is 331 g/mol. The zero-order valence-electron chi connectivity index (χ0n) is 13.1. The van der Waals surface area contributed by atoms with Gasteiger partial charge in [-0.2, -0.15) is 0 Å². The molecule has 0 spiro atoms. The molecule has 5 nitrogen and oxygen atoms in total. The molecular weight excluding hydrogens is 310 g/mol. The van der Waals surface area contributed by atoms with Gasteiger partial charge in [0.1, 0.15) is 0 Å². The first-order valence-corrected chi connectivity index (χ1v) is 9.10. The first kappa shape index (κ1) is 15.8. The number of nitrogen functional groups attached to an aromatic ring is 1. The van der Waals surface area contributed by atoms with Crippen molar-refractivity contribution in [2.45, 2.75) is 9.79 Å². The molecule has 3 rings (SSSR count). The van der Waals surface area contributed by atoms with Gasteiger partial charge in [-0.1, -0.05) is 18.2 Å². The molecule has 23 heavy (non-hydrogen) atoms. The largest absolute Gasteiger partial charge is 0.398 e. The molecule has 6 heteroatoms. The predicted octanol–water partition coefficient (Wildman–Crippen LogP) is 1.85. The lowest BCUT2D eigenvalue weighted by molar-refractivity contribution is 0.313. The topological polar surface area (TPSA) is 66.6 Å². The van der Waals surface area contributed by atoms with Crippen molar-refractivity contribution in [3.05, 3.63) is 48.5 Å². The normalized spacial score (nSPS) is 16.5. The molecule has 2 aromatic carbocycles. The Morgan fingerprint density at radius 2 is 1.61 bits per heavy atom. The number of anilines is 2. The van der Waals surface area contributed by atoms with Crippen LogP contribution in [0.4, 0.5) is 11.4 Å². The Kier molecular flexibility index (Phi) is 4.28. The minimum atomic E-state index is -3.60. The van der Waals surface area contributed by atoms with E-state index in [2.05, 4.69) is 16.8 Å². The highest BCUT2D eigenvalue weighted by molar-refractivity contribution is 7.91. The fourth-order valence-electron chi connectivity index (χ4n) is 2.74. The summed E-state index contributed by atoms with van der Waals surface area (Å²) in [5, 5.41) is 0. The fourth-order valence-corrected chi connectivity index (χ4v) is 4.17. The summed E-state index contributed by atoms with van der Waals surface area (Å²) in [6.07, 6.45) is 0. The fraction of sp³-hybridized carbons (Fsp3) is 0.294. The van der Waals surface area contributed by atoms with Crippen LogP contribution in [0.15, 0.2) is 58.3 Å². The van der Waals surface area contributed by atoms with Gasteiger partial charge >= 0.3 is 0 Å². The molecule has 0 bridgehead atoms. The highest BCUT2D eigenvalue weighted by Gasteiger charge is 2.22. The second-order valence-corrected chi connectivity index (χ2v) is 7.75. The molecule has 0 atom stereocenters. The maximum atomic E-state index is 12.8. The molecule has 0 unspecified atom stereocenters. The van der Waals surface area contributed by atoms with E-state index in [1.54, 1.807) is 42.5 Å². The Labute approximate surface area is 137 Å². The molecule has 0 aliphatic carbocycles. The van der Waals surface area contributed by atoms with Gasteiger partial charge in [-0.3, -0.25) is 0 Å². The van der Waals surface area contributed by atoms with Crippen molar-refractivity contribution in [3.8, 4) is 0 Å². The van der Waals surface area contributed by atoms with E-state index < -0.39 is 9.84 Å². The van der Waals surface area contributed by atoms with E-state index in [9.17, 15) is 8.42 Å². The van der Waals surface area contributed by atoms with E-state index in [-0.39, 0.29) is 15.5 Å². The van der Waals surface area contributed by atoms with Crippen molar-refractivity contribution in [1.29, 1.82) is 0 Å². The highest BCUT2D eigenvalue weighted by Crippen LogP contribution is 2.30. The molecule has 1 fully saturated rings. The average Bonchev–Trinajstić information content (AvgIpc) is 2.57. The van der Waals surface area contributed by atoms with Crippen LogP contribution in [-0.4, -0.2) is 46.5 Å². The number of sulfone groups is 1. The SMILES string of the molecule is CN1CCN(c2ccc(N)c(S(=O)(=O)c3ccccc3)c2)CC1. The number of hydrogen-bond acceptors (Lipinski definition) is 5. The molecule has 1 aliphatic heterocycles. The second kappa shape index (κ2) is 6.22. The summed E-state index contributed by atoms with van der Waals surface area (Å²) in [4.78, 5) is 4.90. The van der Waals surface area contributed by atoms with E-state index in [1.165, 1.54) is 0 Å². The number of nitrogens with zero attached hydrogens (tertiary/aromatic N) is 2. The highest BCUT2D eigenvalue weighted by atomic mass is 32.2. The van der Waals surface area contributed by atoms with Gasteiger partial charge in [-0.05, 0) is 37.4 Å². The van der Waals surface area contributed by atoms with Crippen molar-refractivity contribution in [3.63, 3.8) is 0 Å². The van der Waals surface area contributed by atoms with Gasteiger partial charge in [0.15, 0.2) is 0 Å². The standard InChI is InChI=1S/C17H21N3O2S/c1-19-9-11-20(12-10-19)14-7-8-16(18)17(13-14)23(21,22)15-5-3-2-4-6-15/h2-8,13H,9-12,18H2,1H3. The van der Waals surface area contributed by atoms with Crippen LogP contribution >= 0.6 is 0 Å². The first-order valence-electron chi connectivity index (χ1n) is 7.61. The summed E-state index contributed by atoms with van der Waals surface area (Å²) in [6.45, 7) is 3.69. The lowest BCUT2D eigenvalue weighted by Crippen LogP contribution is -2.44.